The van der Waals surface area contributed by atoms with Crippen LogP contribution in [0.5, 0.6) is 11.5 Å². The summed E-state index contributed by atoms with van der Waals surface area (Å²) in [5, 5.41) is 14.5. The molecule has 12 heteroatoms. The largest absolute Gasteiger partial charge is 0.451 e. The Hall–Kier alpha value is -4.92. The number of likely N-dealkylation sites (tertiary alicyclic amines) is 1. The number of benzene rings is 2. The van der Waals surface area contributed by atoms with Crippen LogP contribution in [-0.2, 0) is 11.3 Å². The Labute approximate surface area is 232 Å². The van der Waals surface area contributed by atoms with E-state index in [2.05, 4.69) is 15.1 Å². The molecule has 208 valence electrons. The van der Waals surface area contributed by atoms with Gasteiger partial charge in [0.15, 0.2) is 23.0 Å². The summed E-state index contributed by atoms with van der Waals surface area (Å²) in [6.45, 7) is 0.755. The predicted octanol–water partition coefficient (Wildman–Crippen LogP) is 5.14. The van der Waals surface area contributed by atoms with Crippen LogP contribution in [0, 0.1) is 34.7 Å². The molecule has 1 aliphatic carbocycles. The molecule has 2 aliphatic rings. The van der Waals surface area contributed by atoms with E-state index in [1.54, 1.807) is 15.7 Å². The van der Waals surface area contributed by atoms with Gasteiger partial charge in [-0.25, -0.2) is 27.8 Å². The molecule has 2 aromatic carbocycles. The SMILES string of the molecule is N#CC(=CC1CC1)C(=O)N1CCC[C@@H]1Cn1nc(-c2ccc(Oc3c(F)cccc3F)cc2F)c2c(N)ncnc21. The fraction of sp³-hybridized carbons (Fsp3) is 0.276. The van der Waals surface area contributed by atoms with Crippen LogP contribution in [0.4, 0.5) is 19.0 Å². The number of nitriles is 1. The maximum absolute atomic E-state index is 15.4. The average Bonchev–Trinajstić information content (AvgIpc) is 3.53. The van der Waals surface area contributed by atoms with Crippen LogP contribution < -0.4 is 10.5 Å². The molecule has 6 rings (SSSR count). The highest BCUT2D eigenvalue weighted by Gasteiger charge is 2.33. The fourth-order valence-electron chi connectivity index (χ4n) is 5.10. The lowest BCUT2D eigenvalue weighted by molar-refractivity contribution is -0.127. The van der Waals surface area contributed by atoms with Crippen molar-refractivity contribution in [3.8, 4) is 28.8 Å². The standard InChI is InChI=1S/C29H24F3N7O2/c30-21-4-1-5-22(31)26(21)41-19-8-9-20(23(32)12-19)25-24-27(34)35-15-36-28(24)39(37-25)14-18-3-2-10-38(18)29(40)17(13-33)11-16-6-7-16/h1,4-5,8-9,11-12,15-16,18H,2-3,6-7,10,14H2,(H2,34,35,36)/t18-/m1/s1. The Balaban J connectivity index is 1.32. The molecule has 1 saturated heterocycles. The highest BCUT2D eigenvalue weighted by atomic mass is 19.1. The number of nitrogens with zero attached hydrogens (tertiary/aromatic N) is 6. The van der Waals surface area contributed by atoms with E-state index in [-0.39, 0.29) is 52.8 Å². The van der Waals surface area contributed by atoms with Crippen LogP contribution in [0.1, 0.15) is 25.7 Å². The van der Waals surface area contributed by atoms with Gasteiger partial charge in [-0.15, -0.1) is 0 Å². The van der Waals surface area contributed by atoms with Crippen molar-refractivity contribution < 1.29 is 22.7 Å². The summed E-state index contributed by atoms with van der Waals surface area (Å²) in [5.74, 6) is -3.31. The molecule has 4 aromatic rings. The number of para-hydroxylation sites is 1. The number of aromatic nitrogens is 4. The van der Waals surface area contributed by atoms with E-state index in [1.807, 2.05) is 6.07 Å². The maximum Gasteiger partial charge on any atom is 0.264 e. The molecule has 2 fully saturated rings. The number of allylic oxidation sites excluding steroid dienone is 1. The third-order valence-corrected chi connectivity index (χ3v) is 7.29. The summed E-state index contributed by atoms with van der Waals surface area (Å²) in [5.41, 5.74) is 6.90. The molecule has 1 saturated carbocycles. The van der Waals surface area contributed by atoms with Crippen LogP contribution in [0.15, 0.2) is 54.4 Å². The van der Waals surface area contributed by atoms with Crippen molar-refractivity contribution in [1.29, 1.82) is 5.26 Å². The number of ether oxygens (including phenoxy) is 1. The first-order valence-electron chi connectivity index (χ1n) is 13.2. The van der Waals surface area contributed by atoms with Gasteiger partial charge in [0, 0.05) is 18.2 Å². The molecule has 0 bridgehead atoms. The van der Waals surface area contributed by atoms with Gasteiger partial charge in [-0.2, -0.15) is 10.4 Å². The molecule has 1 amide bonds. The van der Waals surface area contributed by atoms with Gasteiger partial charge >= 0.3 is 0 Å². The quantitative estimate of drug-likeness (QED) is 0.246. The number of fused-ring (bicyclic) bond motifs is 1. The maximum atomic E-state index is 15.4. The lowest BCUT2D eigenvalue weighted by Gasteiger charge is -2.24. The molecule has 0 radical (unpaired) electrons. The molecule has 9 nitrogen and oxygen atoms in total. The van der Waals surface area contributed by atoms with Crippen LogP contribution in [0.2, 0.25) is 0 Å². The van der Waals surface area contributed by atoms with Gasteiger partial charge in [0.05, 0.1) is 18.0 Å². The van der Waals surface area contributed by atoms with Crippen molar-refractivity contribution in [2.24, 2.45) is 5.92 Å². The van der Waals surface area contributed by atoms with E-state index in [9.17, 15) is 18.8 Å². The zero-order valence-electron chi connectivity index (χ0n) is 21.7. The number of hydrogen-bond acceptors (Lipinski definition) is 7. The van der Waals surface area contributed by atoms with Crippen LogP contribution in [-0.4, -0.2) is 43.1 Å². The third kappa shape index (κ3) is 5.06. The molecular formula is C29H24F3N7O2. The van der Waals surface area contributed by atoms with Gasteiger partial charge in [-0.05, 0) is 55.9 Å². The van der Waals surface area contributed by atoms with Crippen LogP contribution >= 0.6 is 0 Å². The van der Waals surface area contributed by atoms with Crippen molar-refractivity contribution in [3.05, 3.63) is 71.8 Å². The number of halogens is 3. The third-order valence-electron chi connectivity index (χ3n) is 7.29. The number of nitrogens with two attached hydrogens (primary N) is 1. The van der Waals surface area contributed by atoms with Crippen molar-refractivity contribution in [2.75, 3.05) is 12.3 Å². The smallest absolute Gasteiger partial charge is 0.264 e. The Morgan fingerprint density at radius 1 is 1.12 bits per heavy atom. The van der Waals surface area contributed by atoms with Crippen molar-refractivity contribution in [2.45, 2.75) is 38.3 Å². The highest BCUT2D eigenvalue weighted by molar-refractivity contribution is 5.99. The average molecular weight is 560 g/mol. The van der Waals surface area contributed by atoms with Crippen LogP contribution in [0.3, 0.4) is 0 Å². The summed E-state index contributed by atoms with van der Waals surface area (Å²) in [6.07, 6.45) is 6.45. The predicted molar refractivity (Wildman–Crippen MR) is 143 cm³/mol. The zero-order chi connectivity index (χ0) is 28.7. The lowest BCUT2D eigenvalue weighted by atomic mass is 10.1. The second kappa shape index (κ2) is 10.6. The number of nitrogen functional groups attached to an aromatic ring is 1. The Bertz CT molecular complexity index is 1720. The van der Waals surface area contributed by atoms with E-state index < -0.39 is 23.2 Å². The number of hydrogen-bond donors (Lipinski definition) is 1. The Morgan fingerprint density at radius 2 is 1.90 bits per heavy atom. The topological polar surface area (TPSA) is 123 Å². The Morgan fingerprint density at radius 3 is 2.61 bits per heavy atom. The number of anilines is 1. The molecule has 41 heavy (non-hydrogen) atoms. The minimum absolute atomic E-state index is 0.0510. The first kappa shape index (κ1) is 26.3. The van der Waals surface area contributed by atoms with E-state index in [4.69, 9.17) is 10.5 Å². The van der Waals surface area contributed by atoms with Crippen molar-refractivity contribution in [1.82, 2.24) is 24.6 Å². The summed E-state index contributed by atoms with van der Waals surface area (Å²) >= 11 is 0. The van der Waals surface area contributed by atoms with Crippen molar-refractivity contribution in [3.63, 3.8) is 0 Å². The summed E-state index contributed by atoms with van der Waals surface area (Å²) in [7, 11) is 0. The molecule has 2 aromatic heterocycles. The first-order chi connectivity index (χ1) is 19.8. The van der Waals surface area contributed by atoms with Gasteiger partial charge in [0.25, 0.3) is 5.91 Å². The number of carbonyl (C=O) groups excluding carboxylic acids is 1. The summed E-state index contributed by atoms with van der Waals surface area (Å²) < 4.78 is 50.3. The monoisotopic (exact) mass is 559 g/mol. The molecule has 2 N–H and O–H groups in total. The van der Waals surface area contributed by atoms with Gasteiger partial charge in [-0.3, -0.25) is 4.79 Å². The van der Waals surface area contributed by atoms with Gasteiger partial charge < -0.3 is 15.4 Å². The first-order valence-corrected chi connectivity index (χ1v) is 13.2. The number of carbonyl (C=O) groups is 1. The normalized spacial score (nSPS) is 17.2. The minimum atomic E-state index is -0.923. The Kier molecular flexibility index (Phi) is 6.78. The summed E-state index contributed by atoms with van der Waals surface area (Å²) in [6, 6.07) is 8.79. The fourth-order valence-corrected chi connectivity index (χ4v) is 5.10. The van der Waals surface area contributed by atoms with E-state index in [0.29, 0.717) is 24.0 Å². The summed E-state index contributed by atoms with van der Waals surface area (Å²) in [4.78, 5) is 23.3. The second-order valence-corrected chi connectivity index (χ2v) is 10.1. The van der Waals surface area contributed by atoms with Gasteiger partial charge in [0.2, 0.25) is 0 Å². The second-order valence-electron chi connectivity index (χ2n) is 10.1. The zero-order valence-corrected chi connectivity index (χ0v) is 21.7. The van der Waals surface area contributed by atoms with Crippen molar-refractivity contribution >= 4 is 22.8 Å². The van der Waals surface area contributed by atoms with Gasteiger partial charge in [0.1, 0.15) is 41.0 Å². The van der Waals surface area contributed by atoms with E-state index >= 15 is 4.39 Å². The molecule has 0 spiro atoms. The molecule has 0 unspecified atom stereocenters. The number of amides is 1. The van der Waals surface area contributed by atoms with E-state index in [1.165, 1.54) is 24.5 Å². The number of rotatable bonds is 7. The van der Waals surface area contributed by atoms with E-state index in [0.717, 1.165) is 37.5 Å². The molecule has 1 aliphatic heterocycles. The molecule has 3 heterocycles. The lowest BCUT2D eigenvalue weighted by Crippen LogP contribution is -2.39. The minimum Gasteiger partial charge on any atom is -0.451 e. The highest BCUT2D eigenvalue weighted by Crippen LogP contribution is 2.36. The molecule has 1 atom stereocenters. The van der Waals surface area contributed by atoms with Gasteiger partial charge in [-0.1, -0.05) is 12.1 Å². The van der Waals surface area contributed by atoms with Crippen LogP contribution in [0.25, 0.3) is 22.3 Å². The molecular weight excluding hydrogens is 535 g/mol.